The number of ether oxygens (including phenoxy) is 3. The van der Waals surface area contributed by atoms with Crippen molar-refractivity contribution in [3.8, 4) is 5.75 Å². The van der Waals surface area contributed by atoms with E-state index < -0.39 is 52.8 Å². The predicted molar refractivity (Wildman–Crippen MR) is 110 cm³/mol. The summed E-state index contributed by atoms with van der Waals surface area (Å²) >= 11 is 0. The smallest absolute Gasteiger partial charge is 0.429 e. The van der Waals surface area contributed by atoms with Gasteiger partial charge in [0.2, 0.25) is 0 Å². The van der Waals surface area contributed by atoms with Gasteiger partial charge in [-0.3, -0.25) is 0 Å². The molecule has 0 saturated carbocycles. The van der Waals surface area contributed by atoms with E-state index in [4.69, 9.17) is 9.47 Å². The first-order chi connectivity index (χ1) is 16.5. The summed E-state index contributed by atoms with van der Waals surface area (Å²) in [7, 11) is 0. The van der Waals surface area contributed by atoms with Crippen molar-refractivity contribution < 1.29 is 44.9 Å². The van der Waals surface area contributed by atoms with E-state index in [1.54, 1.807) is 0 Å². The molecule has 186 valence electrons. The third kappa shape index (κ3) is 5.13. The van der Waals surface area contributed by atoms with Gasteiger partial charge >= 0.3 is 6.11 Å². The van der Waals surface area contributed by atoms with Gasteiger partial charge in [0.05, 0.1) is 13.2 Å². The highest BCUT2D eigenvalue weighted by molar-refractivity contribution is 5.34. The second-order valence-electron chi connectivity index (χ2n) is 8.22. The Kier molecular flexibility index (Phi) is 6.79. The molecular weight excluding hydrogens is 481 g/mol. The molecule has 4 rings (SSSR count). The van der Waals surface area contributed by atoms with E-state index in [9.17, 15) is 30.7 Å². The lowest BCUT2D eigenvalue weighted by molar-refractivity contribution is -0.194. The summed E-state index contributed by atoms with van der Waals surface area (Å²) in [5.74, 6) is -10.2. The minimum absolute atomic E-state index is 0.131. The fraction of sp³-hybridized carbons (Fsp3) is 0.280. The molecule has 0 atom stereocenters. The van der Waals surface area contributed by atoms with Gasteiger partial charge in [-0.2, -0.15) is 8.78 Å². The average molecular weight is 500 g/mol. The van der Waals surface area contributed by atoms with Gasteiger partial charge in [-0.15, -0.1) is 0 Å². The first kappa shape index (κ1) is 25.0. The van der Waals surface area contributed by atoms with E-state index in [0.29, 0.717) is 12.1 Å². The van der Waals surface area contributed by atoms with E-state index >= 15 is 0 Å². The fourth-order valence-corrected chi connectivity index (χ4v) is 3.70. The van der Waals surface area contributed by atoms with Gasteiger partial charge in [-0.25, -0.2) is 22.0 Å². The van der Waals surface area contributed by atoms with E-state index in [2.05, 4.69) is 4.74 Å². The summed E-state index contributed by atoms with van der Waals surface area (Å²) in [5, 5.41) is 0. The Hall–Kier alpha value is -3.11. The number of aryl methyl sites for hydroxylation is 2. The Balaban J connectivity index is 1.51. The molecule has 0 aliphatic carbocycles. The summed E-state index contributed by atoms with van der Waals surface area (Å²) in [4.78, 5) is 0. The van der Waals surface area contributed by atoms with Crippen molar-refractivity contribution in [2.24, 2.45) is 0 Å². The SMILES string of the molecule is Cc1ccc(C2COC(c3cc(F)c(C(F)(F)Oc4cc(F)c(F)c(F)c4)c(F)c3)OC2)cc1C. The lowest BCUT2D eigenvalue weighted by Gasteiger charge is -2.30. The maximum absolute atomic E-state index is 14.6. The molecule has 3 aromatic rings. The summed E-state index contributed by atoms with van der Waals surface area (Å²) in [6.45, 7) is 4.26. The Morgan fingerprint density at radius 2 is 1.31 bits per heavy atom. The molecule has 1 heterocycles. The summed E-state index contributed by atoms with van der Waals surface area (Å²) in [5.41, 5.74) is 1.18. The molecule has 0 unspecified atom stereocenters. The van der Waals surface area contributed by atoms with Gasteiger partial charge < -0.3 is 14.2 Å². The normalized spacial score (nSPS) is 18.5. The summed E-state index contributed by atoms with van der Waals surface area (Å²) in [6, 6.07) is 7.33. The van der Waals surface area contributed by atoms with E-state index in [-0.39, 0.29) is 36.8 Å². The van der Waals surface area contributed by atoms with Gasteiger partial charge in [0, 0.05) is 23.6 Å². The van der Waals surface area contributed by atoms with E-state index in [1.807, 2.05) is 32.0 Å². The van der Waals surface area contributed by atoms with Crippen LogP contribution in [0.1, 0.15) is 40.0 Å². The van der Waals surface area contributed by atoms with E-state index in [1.165, 1.54) is 0 Å². The summed E-state index contributed by atoms with van der Waals surface area (Å²) in [6.07, 6.45) is -5.88. The maximum Gasteiger partial charge on any atom is 0.432 e. The zero-order valence-electron chi connectivity index (χ0n) is 18.5. The van der Waals surface area contributed by atoms with Crippen molar-refractivity contribution in [1.29, 1.82) is 0 Å². The molecule has 0 N–H and O–H groups in total. The number of hydrogen-bond donors (Lipinski definition) is 0. The maximum atomic E-state index is 14.6. The molecule has 0 spiro atoms. The Bertz CT molecular complexity index is 1210. The van der Waals surface area contributed by atoms with Crippen molar-refractivity contribution >= 4 is 0 Å². The number of hydrogen-bond acceptors (Lipinski definition) is 3. The van der Waals surface area contributed by atoms with Crippen LogP contribution in [0.25, 0.3) is 0 Å². The monoisotopic (exact) mass is 500 g/mol. The summed E-state index contributed by atoms with van der Waals surface area (Å²) < 4.78 is 113. The average Bonchev–Trinajstić information content (AvgIpc) is 2.78. The number of halogens is 7. The van der Waals surface area contributed by atoms with Crippen molar-refractivity contribution in [2.75, 3.05) is 13.2 Å². The van der Waals surface area contributed by atoms with Crippen LogP contribution >= 0.6 is 0 Å². The molecule has 1 aliphatic heterocycles. The van der Waals surface area contributed by atoms with Gasteiger partial charge in [-0.05, 0) is 42.7 Å². The van der Waals surface area contributed by atoms with Gasteiger partial charge in [0.25, 0.3) is 0 Å². The van der Waals surface area contributed by atoms with Gasteiger partial charge in [-0.1, -0.05) is 18.2 Å². The highest BCUT2D eigenvalue weighted by Crippen LogP contribution is 2.38. The quantitative estimate of drug-likeness (QED) is 0.280. The van der Waals surface area contributed by atoms with Crippen LogP contribution in [0.3, 0.4) is 0 Å². The molecule has 3 aromatic carbocycles. The highest BCUT2D eigenvalue weighted by atomic mass is 19.3. The molecular formula is C25H19F7O3. The largest absolute Gasteiger partial charge is 0.432 e. The van der Waals surface area contributed by atoms with Crippen LogP contribution in [-0.2, 0) is 15.6 Å². The third-order valence-electron chi connectivity index (χ3n) is 5.73. The van der Waals surface area contributed by atoms with Crippen LogP contribution < -0.4 is 4.74 Å². The Labute approximate surface area is 196 Å². The van der Waals surface area contributed by atoms with Crippen LogP contribution in [0.15, 0.2) is 42.5 Å². The Morgan fingerprint density at radius 3 is 1.86 bits per heavy atom. The van der Waals surface area contributed by atoms with Crippen LogP contribution in [0.4, 0.5) is 30.7 Å². The second-order valence-corrected chi connectivity index (χ2v) is 8.22. The van der Waals surface area contributed by atoms with Gasteiger partial charge in [0.1, 0.15) is 22.9 Å². The molecule has 0 aromatic heterocycles. The van der Waals surface area contributed by atoms with Crippen molar-refractivity contribution in [1.82, 2.24) is 0 Å². The third-order valence-corrected chi connectivity index (χ3v) is 5.73. The van der Waals surface area contributed by atoms with Crippen LogP contribution in [0, 0.1) is 42.9 Å². The first-order valence-corrected chi connectivity index (χ1v) is 10.5. The number of alkyl halides is 2. The lowest BCUT2D eigenvalue weighted by Crippen LogP contribution is -2.28. The molecule has 1 fully saturated rings. The van der Waals surface area contributed by atoms with Crippen LogP contribution in [0.2, 0.25) is 0 Å². The molecule has 35 heavy (non-hydrogen) atoms. The van der Waals surface area contributed by atoms with Crippen LogP contribution in [-0.4, -0.2) is 13.2 Å². The molecule has 0 amide bonds. The minimum Gasteiger partial charge on any atom is -0.429 e. The lowest BCUT2D eigenvalue weighted by atomic mass is 9.96. The van der Waals surface area contributed by atoms with Crippen LogP contribution in [0.5, 0.6) is 5.75 Å². The molecule has 3 nitrogen and oxygen atoms in total. The fourth-order valence-electron chi connectivity index (χ4n) is 3.70. The highest BCUT2D eigenvalue weighted by Gasteiger charge is 2.42. The molecule has 10 heteroatoms. The van der Waals surface area contributed by atoms with E-state index in [0.717, 1.165) is 16.7 Å². The standard InChI is InChI=1S/C25H19F7O3/c1-12-3-4-14(5-13(12)2)16-10-33-24(34-11-16)15-6-18(26)22(19(27)7-15)25(31,32)35-17-8-20(28)23(30)21(29)9-17/h3-9,16,24H,10-11H2,1-2H3. The first-order valence-electron chi connectivity index (χ1n) is 10.5. The van der Waals surface area contributed by atoms with Crippen molar-refractivity contribution in [3.05, 3.63) is 99.4 Å². The second kappa shape index (κ2) is 9.50. The molecule has 0 bridgehead atoms. The zero-order chi connectivity index (χ0) is 25.5. The number of rotatable bonds is 5. The minimum atomic E-state index is -4.67. The molecule has 0 radical (unpaired) electrons. The van der Waals surface area contributed by atoms with Gasteiger partial charge in [0.15, 0.2) is 23.7 Å². The van der Waals surface area contributed by atoms with Crippen molar-refractivity contribution in [2.45, 2.75) is 32.2 Å². The topological polar surface area (TPSA) is 27.7 Å². The van der Waals surface area contributed by atoms with Crippen molar-refractivity contribution in [3.63, 3.8) is 0 Å². The predicted octanol–water partition coefficient (Wildman–Crippen LogP) is 6.96. The Morgan fingerprint density at radius 1 is 0.743 bits per heavy atom. The number of benzene rings is 3. The zero-order valence-corrected chi connectivity index (χ0v) is 18.5. The molecule has 1 saturated heterocycles. The molecule has 1 aliphatic rings.